The average molecular weight is 252 g/mol. The second-order valence-corrected chi connectivity index (χ2v) is 4.35. The summed E-state index contributed by atoms with van der Waals surface area (Å²) in [6, 6.07) is -0.635. The fourth-order valence-corrected chi connectivity index (χ4v) is 2.21. The van der Waals surface area contributed by atoms with Crippen LogP contribution in [0.2, 0.25) is 0 Å². The first-order valence-electron chi connectivity index (χ1n) is 6.03. The number of nitrogens with zero attached hydrogens (tertiary/aromatic N) is 4. The Morgan fingerprint density at radius 2 is 2.28 bits per heavy atom. The van der Waals surface area contributed by atoms with Gasteiger partial charge < -0.3 is 10.0 Å². The van der Waals surface area contributed by atoms with Crippen LogP contribution in [0.1, 0.15) is 25.7 Å². The number of likely N-dealkylation sites (tertiary alicyclic amines) is 1. The predicted molar refractivity (Wildman–Crippen MR) is 61.6 cm³/mol. The number of amides is 1. The minimum absolute atomic E-state index is 0.0833. The van der Waals surface area contributed by atoms with Crippen LogP contribution < -0.4 is 0 Å². The molecular weight excluding hydrogens is 236 g/mol. The number of aromatic nitrogens is 3. The summed E-state index contributed by atoms with van der Waals surface area (Å²) in [5, 5.41) is 12.9. The number of aliphatic carboxylic acids is 1. The molecule has 1 fully saturated rings. The van der Waals surface area contributed by atoms with E-state index in [9.17, 15) is 9.59 Å². The Morgan fingerprint density at radius 1 is 1.44 bits per heavy atom. The van der Waals surface area contributed by atoms with Crippen LogP contribution in [0.25, 0.3) is 0 Å². The molecule has 1 aromatic rings. The minimum atomic E-state index is -0.905. The van der Waals surface area contributed by atoms with Crippen molar-refractivity contribution in [3.05, 3.63) is 12.7 Å². The van der Waals surface area contributed by atoms with E-state index in [2.05, 4.69) is 10.1 Å². The topological polar surface area (TPSA) is 88.3 Å². The summed E-state index contributed by atoms with van der Waals surface area (Å²) in [5.74, 6) is -0.989. The van der Waals surface area contributed by atoms with E-state index in [1.54, 1.807) is 11.0 Å². The Bertz CT molecular complexity index is 418. The number of rotatable bonds is 5. The van der Waals surface area contributed by atoms with Crippen molar-refractivity contribution in [3.8, 4) is 0 Å². The second kappa shape index (κ2) is 5.61. The molecule has 1 amide bonds. The number of hydrogen-bond acceptors (Lipinski definition) is 4. The van der Waals surface area contributed by atoms with Crippen LogP contribution in [0.5, 0.6) is 0 Å². The summed E-state index contributed by atoms with van der Waals surface area (Å²) in [5.41, 5.74) is 0. The molecule has 1 saturated heterocycles. The molecule has 7 heteroatoms. The molecule has 2 rings (SSSR count). The van der Waals surface area contributed by atoms with E-state index in [-0.39, 0.29) is 5.91 Å². The maximum Gasteiger partial charge on any atom is 0.326 e. The van der Waals surface area contributed by atoms with Crippen molar-refractivity contribution in [1.29, 1.82) is 0 Å². The zero-order valence-corrected chi connectivity index (χ0v) is 10.0. The molecule has 0 radical (unpaired) electrons. The molecule has 1 N–H and O–H groups in total. The van der Waals surface area contributed by atoms with Gasteiger partial charge in [0.25, 0.3) is 0 Å². The van der Waals surface area contributed by atoms with E-state index >= 15 is 0 Å². The van der Waals surface area contributed by atoms with Crippen LogP contribution >= 0.6 is 0 Å². The Hall–Kier alpha value is -1.92. The van der Waals surface area contributed by atoms with Gasteiger partial charge in [-0.25, -0.2) is 9.78 Å². The van der Waals surface area contributed by atoms with Crippen molar-refractivity contribution in [1.82, 2.24) is 19.7 Å². The SMILES string of the molecule is O=C(O)[C@@H]1CCCN1C(=O)CCCn1cncn1. The van der Waals surface area contributed by atoms with Gasteiger partial charge in [-0.05, 0) is 19.3 Å². The van der Waals surface area contributed by atoms with Gasteiger partial charge in [-0.3, -0.25) is 9.48 Å². The van der Waals surface area contributed by atoms with Gasteiger partial charge in [0, 0.05) is 19.5 Å². The summed E-state index contributed by atoms with van der Waals surface area (Å²) in [4.78, 5) is 28.2. The van der Waals surface area contributed by atoms with Gasteiger partial charge in [-0.2, -0.15) is 5.10 Å². The fraction of sp³-hybridized carbons (Fsp3) is 0.636. The highest BCUT2D eigenvalue weighted by Gasteiger charge is 2.33. The lowest BCUT2D eigenvalue weighted by molar-refractivity contribution is -0.148. The Labute approximate surface area is 104 Å². The maximum absolute atomic E-state index is 11.9. The zero-order chi connectivity index (χ0) is 13.0. The summed E-state index contributed by atoms with van der Waals surface area (Å²) < 4.78 is 1.66. The number of carbonyl (C=O) groups is 2. The summed E-state index contributed by atoms with van der Waals surface area (Å²) >= 11 is 0. The van der Waals surface area contributed by atoms with Crippen LogP contribution in [0.4, 0.5) is 0 Å². The van der Waals surface area contributed by atoms with Crippen molar-refractivity contribution in [2.45, 2.75) is 38.3 Å². The largest absolute Gasteiger partial charge is 0.480 e. The molecule has 0 aromatic carbocycles. The van der Waals surface area contributed by atoms with Crippen molar-refractivity contribution in [3.63, 3.8) is 0 Å². The van der Waals surface area contributed by atoms with E-state index in [0.717, 1.165) is 6.42 Å². The summed E-state index contributed by atoms with van der Waals surface area (Å²) in [7, 11) is 0. The number of aryl methyl sites for hydroxylation is 1. The van der Waals surface area contributed by atoms with Crippen LogP contribution in [-0.2, 0) is 16.1 Å². The van der Waals surface area contributed by atoms with Crippen LogP contribution in [-0.4, -0.2) is 49.2 Å². The summed E-state index contributed by atoms with van der Waals surface area (Å²) in [6.07, 6.45) is 5.37. The molecule has 7 nitrogen and oxygen atoms in total. The van der Waals surface area contributed by atoms with Crippen molar-refractivity contribution >= 4 is 11.9 Å². The molecule has 0 aliphatic carbocycles. The monoisotopic (exact) mass is 252 g/mol. The first-order chi connectivity index (χ1) is 8.68. The molecule has 18 heavy (non-hydrogen) atoms. The molecule has 1 aliphatic heterocycles. The highest BCUT2D eigenvalue weighted by Crippen LogP contribution is 2.18. The molecule has 1 aliphatic rings. The molecule has 2 heterocycles. The lowest BCUT2D eigenvalue weighted by atomic mass is 10.2. The van der Waals surface area contributed by atoms with Crippen molar-refractivity contribution in [2.75, 3.05) is 6.54 Å². The van der Waals surface area contributed by atoms with Gasteiger partial charge in [0.15, 0.2) is 0 Å². The van der Waals surface area contributed by atoms with Gasteiger partial charge >= 0.3 is 5.97 Å². The number of carboxylic acid groups (broad SMARTS) is 1. The van der Waals surface area contributed by atoms with E-state index in [1.807, 2.05) is 0 Å². The molecule has 1 atom stereocenters. The molecule has 0 saturated carbocycles. The van der Waals surface area contributed by atoms with Gasteiger partial charge in [0.05, 0.1) is 0 Å². The van der Waals surface area contributed by atoms with E-state index in [1.165, 1.54) is 11.2 Å². The van der Waals surface area contributed by atoms with E-state index in [0.29, 0.717) is 32.4 Å². The Kier molecular flexibility index (Phi) is 3.91. The number of carboxylic acids is 1. The molecule has 0 unspecified atom stereocenters. The molecule has 98 valence electrons. The van der Waals surface area contributed by atoms with Gasteiger partial charge in [0.1, 0.15) is 18.7 Å². The molecule has 0 bridgehead atoms. The fourth-order valence-electron chi connectivity index (χ4n) is 2.21. The van der Waals surface area contributed by atoms with Crippen molar-refractivity contribution in [2.24, 2.45) is 0 Å². The third kappa shape index (κ3) is 2.85. The normalized spacial score (nSPS) is 19.1. The van der Waals surface area contributed by atoms with Gasteiger partial charge in [-0.1, -0.05) is 0 Å². The lowest BCUT2D eigenvalue weighted by Gasteiger charge is -2.21. The summed E-state index contributed by atoms with van der Waals surface area (Å²) in [6.45, 7) is 1.18. The predicted octanol–water partition coefficient (Wildman–Crippen LogP) is 0.134. The van der Waals surface area contributed by atoms with Gasteiger partial charge in [-0.15, -0.1) is 0 Å². The average Bonchev–Trinajstić information content (AvgIpc) is 2.99. The third-order valence-corrected chi connectivity index (χ3v) is 3.10. The smallest absolute Gasteiger partial charge is 0.326 e. The molecule has 0 spiro atoms. The Balaban J connectivity index is 1.79. The third-order valence-electron chi connectivity index (χ3n) is 3.10. The lowest BCUT2D eigenvalue weighted by Crippen LogP contribution is -2.40. The van der Waals surface area contributed by atoms with Crippen LogP contribution in [0.3, 0.4) is 0 Å². The second-order valence-electron chi connectivity index (χ2n) is 4.35. The highest BCUT2D eigenvalue weighted by molar-refractivity contribution is 5.84. The van der Waals surface area contributed by atoms with Crippen molar-refractivity contribution < 1.29 is 14.7 Å². The minimum Gasteiger partial charge on any atom is -0.480 e. The number of hydrogen-bond donors (Lipinski definition) is 1. The van der Waals surface area contributed by atoms with Crippen LogP contribution in [0, 0.1) is 0 Å². The molecule has 1 aromatic heterocycles. The highest BCUT2D eigenvalue weighted by atomic mass is 16.4. The maximum atomic E-state index is 11.9. The van der Waals surface area contributed by atoms with E-state index in [4.69, 9.17) is 5.11 Å². The van der Waals surface area contributed by atoms with E-state index < -0.39 is 12.0 Å². The van der Waals surface area contributed by atoms with Crippen LogP contribution in [0.15, 0.2) is 12.7 Å². The first kappa shape index (κ1) is 12.5. The molecular formula is C11H16N4O3. The van der Waals surface area contributed by atoms with Gasteiger partial charge in [0.2, 0.25) is 5.91 Å². The quantitative estimate of drug-likeness (QED) is 0.805. The standard InChI is InChI=1S/C11H16N4O3/c16-10(4-2-5-14-8-12-7-13-14)15-6-1-3-9(15)11(17)18/h7-9H,1-6H2,(H,17,18)/t9-/m0/s1. The number of carbonyl (C=O) groups excluding carboxylic acids is 1. The first-order valence-corrected chi connectivity index (χ1v) is 6.03. The zero-order valence-electron chi connectivity index (χ0n) is 10.0. The Morgan fingerprint density at radius 3 is 2.94 bits per heavy atom.